The molecule has 0 heterocycles. The number of carbonyl (C=O) groups is 1. The van der Waals surface area contributed by atoms with Crippen molar-refractivity contribution in [2.75, 3.05) is 13.7 Å². The Bertz CT molecular complexity index is 412. The van der Waals surface area contributed by atoms with Crippen LogP contribution in [0, 0.1) is 13.8 Å². The molecule has 0 aromatic heterocycles. The van der Waals surface area contributed by atoms with E-state index >= 15 is 0 Å². The van der Waals surface area contributed by atoms with Crippen molar-refractivity contribution in [3.63, 3.8) is 0 Å². The van der Waals surface area contributed by atoms with Crippen molar-refractivity contribution in [1.29, 1.82) is 0 Å². The first-order valence-corrected chi connectivity index (χ1v) is 6.53. The van der Waals surface area contributed by atoms with E-state index in [1.165, 1.54) is 7.11 Å². The van der Waals surface area contributed by atoms with E-state index in [-0.39, 0.29) is 12.5 Å². The van der Waals surface area contributed by atoms with Gasteiger partial charge in [0.05, 0.1) is 6.61 Å². The van der Waals surface area contributed by atoms with Crippen molar-refractivity contribution >= 4 is 21.8 Å². The summed E-state index contributed by atoms with van der Waals surface area (Å²) < 4.78 is 5.89. The van der Waals surface area contributed by atoms with Crippen LogP contribution in [0.3, 0.4) is 0 Å². The average Bonchev–Trinajstić information content (AvgIpc) is 2.27. The van der Waals surface area contributed by atoms with E-state index < -0.39 is 6.04 Å². The number of aryl methyl sites for hydroxylation is 2. The summed E-state index contributed by atoms with van der Waals surface area (Å²) in [7, 11) is 1.52. The van der Waals surface area contributed by atoms with Crippen LogP contribution in [0.25, 0.3) is 0 Å². The van der Waals surface area contributed by atoms with Gasteiger partial charge in [0.1, 0.15) is 6.04 Å². The van der Waals surface area contributed by atoms with E-state index in [4.69, 9.17) is 10.5 Å². The molecule has 0 aliphatic carbocycles. The zero-order valence-electron chi connectivity index (χ0n) is 10.9. The highest BCUT2D eigenvalue weighted by atomic mass is 79.9. The van der Waals surface area contributed by atoms with Gasteiger partial charge < -0.3 is 15.8 Å². The highest BCUT2D eigenvalue weighted by Crippen LogP contribution is 2.20. The topological polar surface area (TPSA) is 64.3 Å². The van der Waals surface area contributed by atoms with Gasteiger partial charge in [-0.1, -0.05) is 15.9 Å². The largest absolute Gasteiger partial charge is 0.383 e. The highest BCUT2D eigenvalue weighted by Gasteiger charge is 2.13. The fraction of sp³-hybridized carbons (Fsp3) is 0.462. The van der Waals surface area contributed by atoms with Crippen molar-refractivity contribution in [3.8, 4) is 0 Å². The molecule has 3 N–H and O–H groups in total. The summed E-state index contributed by atoms with van der Waals surface area (Å²) in [5.74, 6) is -0.196. The molecule has 0 fully saturated rings. The smallest absolute Gasteiger partial charge is 0.239 e. The lowest BCUT2D eigenvalue weighted by atomic mass is 10.0. The lowest BCUT2D eigenvalue weighted by Crippen LogP contribution is -2.43. The summed E-state index contributed by atoms with van der Waals surface area (Å²) in [6.07, 6.45) is 0. The number of halogens is 1. The molecular weight excluding hydrogens is 296 g/mol. The second-order valence-corrected chi connectivity index (χ2v) is 5.21. The Kier molecular flexibility index (Phi) is 5.78. The molecule has 4 nitrogen and oxygen atoms in total. The zero-order valence-corrected chi connectivity index (χ0v) is 12.5. The molecule has 0 saturated heterocycles. The van der Waals surface area contributed by atoms with E-state index in [1.807, 2.05) is 26.0 Å². The Hall–Kier alpha value is -0.910. The van der Waals surface area contributed by atoms with Crippen LogP contribution in [0.1, 0.15) is 16.7 Å². The van der Waals surface area contributed by atoms with E-state index in [0.29, 0.717) is 6.54 Å². The van der Waals surface area contributed by atoms with Gasteiger partial charge in [-0.3, -0.25) is 4.79 Å². The number of methoxy groups -OCH3 is 1. The minimum atomic E-state index is -0.619. The van der Waals surface area contributed by atoms with Crippen LogP contribution in [0.15, 0.2) is 16.6 Å². The summed E-state index contributed by atoms with van der Waals surface area (Å²) in [4.78, 5) is 11.7. The lowest BCUT2D eigenvalue weighted by molar-refractivity contribution is -0.123. The van der Waals surface area contributed by atoms with E-state index in [2.05, 4.69) is 21.2 Å². The Morgan fingerprint density at radius 2 is 2.00 bits per heavy atom. The molecule has 1 aromatic rings. The van der Waals surface area contributed by atoms with Crippen molar-refractivity contribution in [3.05, 3.63) is 33.3 Å². The van der Waals surface area contributed by atoms with Gasteiger partial charge in [0.25, 0.3) is 0 Å². The molecule has 1 aromatic carbocycles. The SMILES string of the molecule is COCC(N)C(=O)NCc1c(C)cc(Br)cc1C. The average molecular weight is 315 g/mol. The van der Waals surface area contributed by atoms with Gasteiger partial charge >= 0.3 is 0 Å². The Morgan fingerprint density at radius 3 is 2.50 bits per heavy atom. The van der Waals surface area contributed by atoms with Crippen molar-refractivity contribution in [1.82, 2.24) is 5.32 Å². The van der Waals surface area contributed by atoms with Gasteiger partial charge in [0, 0.05) is 18.1 Å². The first-order valence-electron chi connectivity index (χ1n) is 5.73. The lowest BCUT2D eigenvalue weighted by Gasteiger charge is -2.14. The monoisotopic (exact) mass is 314 g/mol. The predicted octanol–water partition coefficient (Wildman–Crippen LogP) is 1.66. The Balaban J connectivity index is 2.67. The van der Waals surface area contributed by atoms with E-state index in [0.717, 1.165) is 21.2 Å². The molecule has 0 bridgehead atoms. The van der Waals surface area contributed by atoms with Crippen LogP contribution in [-0.2, 0) is 16.1 Å². The second-order valence-electron chi connectivity index (χ2n) is 4.30. The third-order valence-electron chi connectivity index (χ3n) is 2.78. The summed E-state index contributed by atoms with van der Waals surface area (Å²) in [5, 5.41) is 2.83. The van der Waals surface area contributed by atoms with Crippen LogP contribution >= 0.6 is 15.9 Å². The minimum Gasteiger partial charge on any atom is -0.383 e. The number of amides is 1. The summed E-state index contributed by atoms with van der Waals surface area (Å²) in [6, 6.07) is 3.44. The normalized spacial score (nSPS) is 12.3. The van der Waals surface area contributed by atoms with Gasteiger partial charge in [-0.2, -0.15) is 0 Å². The minimum absolute atomic E-state index is 0.196. The predicted molar refractivity (Wildman–Crippen MR) is 75.3 cm³/mol. The molecule has 1 amide bonds. The molecule has 0 radical (unpaired) electrons. The van der Waals surface area contributed by atoms with Crippen molar-refractivity contribution in [2.45, 2.75) is 26.4 Å². The van der Waals surface area contributed by atoms with Gasteiger partial charge in [0.2, 0.25) is 5.91 Å². The molecule has 1 unspecified atom stereocenters. The number of ether oxygens (including phenoxy) is 1. The Labute approximate surface area is 116 Å². The van der Waals surface area contributed by atoms with Gasteiger partial charge in [-0.15, -0.1) is 0 Å². The first-order chi connectivity index (χ1) is 8.45. The third-order valence-corrected chi connectivity index (χ3v) is 3.24. The number of hydrogen-bond donors (Lipinski definition) is 2. The van der Waals surface area contributed by atoms with Gasteiger partial charge in [0.15, 0.2) is 0 Å². The first kappa shape index (κ1) is 15.1. The van der Waals surface area contributed by atoms with Crippen LogP contribution in [-0.4, -0.2) is 25.7 Å². The fourth-order valence-corrected chi connectivity index (χ4v) is 2.47. The third kappa shape index (κ3) is 4.08. The molecular formula is C13H19BrN2O2. The summed E-state index contributed by atoms with van der Waals surface area (Å²) >= 11 is 3.45. The quantitative estimate of drug-likeness (QED) is 0.868. The van der Waals surface area contributed by atoms with Crippen LogP contribution < -0.4 is 11.1 Å². The molecule has 5 heteroatoms. The van der Waals surface area contributed by atoms with Crippen LogP contribution in [0.5, 0.6) is 0 Å². The van der Waals surface area contributed by atoms with E-state index in [1.54, 1.807) is 0 Å². The number of carbonyl (C=O) groups excluding carboxylic acids is 1. The molecule has 0 aliphatic rings. The van der Waals surface area contributed by atoms with Crippen molar-refractivity contribution < 1.29 is 9.53 Å². The number of rotatable bonds is 5. The van der Waals surface area contributed by atoms with Crippen molar-refractivity contribution in [2.24, 2.45) is 5.73 Å². The fourth-order valence-electron chi connectivity index (χ4n) is 1.78. The van der Waals surface area contributed by atoms with Gasteiger partial charge in [-0.25, -0.2) is 0 Å². The van der Waals surface area contributed by atoms with Gasteiger partial charge in [-0.05, 0) is 42.7 Å². The standard InChI is InChI=1S/C13H19BrN2O2/c1-8-4-10(14)5-9(2)11(8)6-16-13(17)12(15)7-18-3/h4-5,12H,6-7,15H2,1-3H3,(H,16,17). The van der Waals surface area contributed by atoms with Crippen LogP contribution in [0.2, 0.25) is 0 Å². The Morgan fingerprint density at radius 1 is 1.44 bits per heavy atom. The van der Waals surface area contributed by atoms with E-state index in [9.17, 15) is 4.79 Å². The molecule has 1 atom stereocenters. The number of hydrogen-bond acceptors (Lipinski definition) is 3. The maximum Gasteiger partial charge on any atom is 0.239 e. The summed E-state index contributed by atoms with van der Waals surface area (Å²) in [5.41, 5.74) is 9.05. The maximum absolute atomic E-state index is 11.7. The molecule has 18 heavy (non-hydrogen) atoms. The number of benzene rings is 1. The number of nitrogens with two attached hydrogens (primary N) is 1. The maximum atomic E-state index is 11.7. The molecule has 0 aliphatic heterocycles. The summed E-state index contributed by atoms with van der Waals surface area (Å²) in [6.45, 7) is 4.76. The van der Waals surface area contributed by atoms with Crippen LogP contribution in [0.4, 0.5) is 0 Å². The highest BCUT2D eigenvalue weighted by molar-refractivity contribution is 9.10. The molecule has 1 rings (SSSR count). The molecule has 0 spiro atoms. The second kappa shape index (κ2) is 6.87. The molecule has 0 saturated carbocycles. The molecule has 100 valence electrons. The zero-order chi connectivity index (χ0) is 13.7. The number of nitrogens with one attached hydrogen (secondary N) is 1.